The summed E-state index contributed by atoms with van der Waals surface area (Å²) in [4.78, 5) is 23.6. The number of halogens is 4. The van der Waals surface area contributed by atoms with Gasteiger partial charge in [-0.2, -0.15) is 8.78 Å². The van der Waals surface area contributed by atoms with Crippen molar-refractivity contribution in [2.45, 2.75) is 22.5 Å². The topological polar surface area (TPSA) is 46.2 Å². The van der Waals surface area contributed by atoms with E-state index in [-0.39, 0.29) is 49.4 Å². The van der Waals surface area contributed by atoms with Crippen molar-refractivity contribution in [3.05, 3.63) is 52.8 Å². The van der Waals surface area contributed by atoms with Crippen LogP contribution in [0, 0.1) is 5.82 Å². The molecule has 1 amide bonds. The normalized spacial score (nSPS) is 10.8. The van der Waals surface area contributed by atoms with Crippen LogP contribution in [0.25, 0.3) is 0 Å². The number of hydrogen-bond donors (Lipinski definition) is 1. The largest absolute Gasteiger partial charge is 0.324 e. The molecule has 138 valence electrons. The SMILES string of the molecule is CC(=O)c1ccc(SCC(=O)Nc2cccc(Cl)c2SC(F)F)c(F)c1. The quantitative estimate of drug-likeness (QED) is 0.460. The molecule has 0 heterocycles. The molecular weight excluding hydrogens is 407 g/mol. The fourth-order valence-electron chi connectivity index (χ4n) is 1.98. The summed E-state index contributed by atoms with van der Waals surface area (Å²) < 4.78 is 39.2. The Morgan fingerprint density at radius 1 is 1.23 bits per heavy atom. The first-order chi connectivity index (χ1) is 12.3. The molecule has 0 unspecified atom stereocenters. The van der Waals surface area contributed by atoms with Gasteiger partial charge in [-0.25, -0.2) is 4.39 Å². The number of amides is 1. The first-order valence-corrected chi connectivity index (χ1v) is 9.48. The van der Waals surface area contributed by atoms with E-state index in [1.165, 1.54) is 37.3 Å². The van der Waals surface area contributed by atoms with Gasteiger partial charge in [0.2, 0.25) is 5.91 Å². The summed E-state index contributed by atoms with van der Waals surface area (Å²) in [6.07, 6.45) is 0. The molecule has 0 aliphatic heterocycles. The lowest BCUT2D eigenvalue weighted by atomic mass is 10.1. The smallest absolute Gasteiger partial charge is 0.289 e. The van der Waals surface area contributed by atoms with Crippen molar-refractivity contribution < 1.29 is 22.8 Å². The molecule has 2 rings (SSSR count). The van der Waals surface area contributed by atoms with Crippen molar-refractivity contribution in [1.82, 2.24) is 0 Å². The van der Waals surface area contributed by atoms with Crippen molar-refractivity contribution in [3.63, 3.8) is 0 Å². The van der Waals surface area contributed by atoms with Crippen molar-refractivity contribution in [1.29, 1.82) is 0 Å². The number of anilines is 1. The lowest BCUT2D eigenvalue weighted by Crippen LogP contribution is -2.15. The predicted octanol–water partition coefficient (Wildman–Crippen LogP) is 5.73. The maximum atomic E-state index is 13.9. The van der Waals surface area contributed by atoms with E-state index in [0.717, 1.165) is 17.8 Å². The van der Waals surface area contributed by atoms with Crippen LogP contribution < -0.4 is 5.32 Å². The van der Waals surface area contributed by atoms with Gasteiger partial charge in [-0.15, -0.1) is 11.8 Å². The maximum Gasteiger partial charge on any atom is 0.289 e. The zero-order valence-corrected chi connectivity index (χ0v) is 15.8. The summed E-state index contributed by atoms with van der Waals surface area (Å²) in [5.41, 5.74) is 0.407. The Morgan fingerprint density at radius 2 is 1.96 bits per heavy atom. The lowest BCUT2D eigenvalue weighted by molar-refractivity contribution is -0.113. The molecule has 0 aliphatic rings. The molecule has 9 heteroatoms. The number of ketones is 1. The van der Waals surface area contributed by atoms with Crippen LogP contribution in [-0.2, 0) is 4.79 Å². The molecule has 0 radical (unpaired) electrons. The predicted molar refractivity (Wildman–Crippen MR) is 99.1 cm³/mol. The third-order valence-electron chi connectivity index (χ3n) is 3.15. The minimum absolute atomic E-state index is 0.0690. The van der Waals surface area contributed by atoms with E-state index in [0.29, 0.717) is 0 Å². The zero-order chi connectivity index (χ0) is 19.3. The lowest BCUT2D eigenvalue weighted by Gasteiger charge is -2.12. The summed E-state index contributed by atoms with van der Waals surface area (Å²) in [5.74, 6) is -4.19. The van der Waals surface area contributed by atoms with Crippen LogP contribution in [0.2, 0.25) is 5.02 Å². The molecule has 3 nitrogen and oxygen atoms in total. The second kappa shape index (κ2) is 9.34. The van der Waals surface area contributed by atoms with Gasteiger partial charge in [-0.1, -0.05) is 35.5 Å². The van der Waals surface area contributed by atoms with E-state index in [1.54, 1.807) is 0 Å². The molecule has 0 saturated heterocycles. The van der Waals surface area contributed by atoms with E-state index in [2.05, 4.69) is 5.32 Å². The Balaban J connectivity index is 2.04. The molecular formula is C17H13ClF3NO2S2. The molecule has 2 aromatic carbocycles. The van der Waals surface area contributed by atoms with Crippen LogP contribution >= 0.6 is 35.1 Å². The monoisotopic (exact) mass is 419 g/mol. The number of carbonyl (C=O) groups excluding carboxylic acids is 2. The number of Topliss-reactive ketones (excluding diaryl/α,β-unsaturated/α-hetero) is 1. The van der Waals surface area contributed by atoms with Gasteiger partial charge >= 0.3 is 0 Å². The first-order valence-electron chi connectivity index (χ1n) is 7.24. The Bertz CT molecular complexity index is 834. The van der Waals surface area contributed by atoms with Crippen LogP contribution in [0.15, 0.2) is 46.2 Å². The van der Waals surface area contributed by atoms with Gasteiger partial charge in [-0.05, 0) is 31.2 Å². The summed E-state index contributed by atoms with van der Waals surface area (Å²) in [6, 6.07) is 8.43. The van der Waals surface area contributed by atoms with E-state index in [4.69, 9.17) is 11.6 Å². The molecule has 0 atom stereocenters. The average Bonchev–Trinajstić information content (AvgIpc) is 2.56. The van der Waals surface area contributed by atoms with E-state index in [1.807, 2.05) is 0 Å². The van der Waals surface area contributed by atoms with Crippen molar-refractivity contribution in [3.8, 4) is 0 Å². The molecule has 0 bridgehead atoms. The molecule has 0 aliphatic carbocycles. The van der Waals surface area contributed by atoms with Crippen molar-refractivity contribution in [2.24, 2.45) is 0 Å². The Morgan fingerprint density at radius 3 is 2.58 bits per heavy atom. The highest BCUT2D eigenvalue weighted by Crippen LogP contribution is 2.37. The molecule has 0 fully saturated rings. The van der Waals surface area contributed by atoms with Crippen LogP contribution in [-0.4, -0.2) is 23.2 Å². The zero-order valence-electron chi connectivity index (χ0n) is 13.4. The Labute approximate surface area is 161 Å². The average molecular weight is 420 g/mol. The number of benzene rings is 2. The third-order valence-corrected chi connectivity index (χ3v) is 5.47. The van der Waals surface area contributed by atoms with E-state index >= 15 is 0 Å². The van der Waals surface area contributed by atoms with Crippen LogP contribution in [0.1, 0.15) is 17.3 Å². The van der Waals surface area contributed by atoms with Gasteiger partial charge in [-0.3, -0.25) is 9.59 Å². The Kier molecular flexibility index (Phi) is 7.43. The van der Waals surface area contributed by atoms with Gasteiger partial charge in [0, 0.05) is 10.5 Å². The number of hydrogen-bond acceptors (Lipinski definition) is 4. The van der Waals surface area contributed by atoms with Gasteiger partial charge in [0.1, 0.15) is 5.82 Å². The molecule has 26 heavy (non-hydrogen) atoms. The maximum absolute atomic E-state index is 13.9. The highest BCUT2D eigenvalue weighted by atomic mass is 35.5. The van der Waals surface area contributed by atoms with E-state index < -0.39 is 17.5 Å². The minimum Gasteiger partial charge on any atom is -0.324 e. The van der Waals surface area contributed by atoms with Crippen LogP contribution in [0.3, 0.4) is 0 Å². The minimum atomic E-state index is -2.69. The second-order valence-electron chi connectivity index (χ2n) is 5.03. The van der Waals surface area contributed by atoms with Crippen LogP contribution in [0.4, 0.5) is 18.9 Å². The summed E-state index contributed by atoms with van der Waals surface area (Å²) in [7, 11) is 0. The molecule has 0 saturated carbocycles. The van der Waals surface area contributed by atoms with Gasteiger partial charge in [0.25, 0.3) is 5.76 Å². The second-order valence-corrected chi connectivity index (χ2v) is 7.46. The molecule has 2 aromatic rings. The number of thioether (sulfide) groups is 2. The third kappa shape index (κ3) is 5.69. The number of carbonyl (C=O) groups is 2. The van der Waals surface area contributed by atoms with Gasteiger partial charge in [0.15, 0.2) is 5.78 Å². The highest BCUT2D eigenvalue weighted by molar-refractivity contribution is 8.00. The standard InChI is InChI=1S/C17H13ClF3NO2S2/c1-9(23)10-5-6-14(12(19)7-10)25-8-15(24)22-13-4-2-3-11(18)16(13)26-17(20)21/h2-7,17H,8H2,1H3,(H,22,24). The summed E-state index contributed by atoms with van der Waals surface area (Å²) in [5, 5.41) is 2.60. The summed E-state index contributed by atoms with van der Waals surface area (Å²) in [6.45, 7) is 1.33. The van der Waals surface area contributed by atoms with Crippen molar-refractivity contribution in [2.75, 3.05) is 11.1 Å². The van der Waals surface area contributed by atoms with Crippen LogP contribution in [0.5, 0.6) is 0 Å². The van der Waals surface area contributed by atoms with E-state index in [9.17, 15) is 22.8 Å². The number of alkyl halides is 2. The molecule has 1 N–H and O–H groups in total. The fraction of sp³-hybridized carbons (Fsp3) is 0.176. The van der Waals surface area contributed by atoms with Gasteiger partial charge in [0.05, 0.1) is 21.4 Å². The highest BCUT2D eigenvalue weighted by Gasteiger charge is 2.16. The fourth-order valence-corrected chi connectivity index (χ4v) is 3.62. The van der Waals surface area contributed by atoms with Gasteiger partial charge < -0.3 is 5.32 Å². The number of nitrogens with one attached hydrogen (secondary N) is 1. The number of rotatable bonds is 7. The first kappa shape index (κ1) is 20.7. The summed E-state index contributed by atoms with van der Waals surface area (Å²) >= 11 is 7.07. The molecule has 0 spiro atoms. The van der Waals surface area contributed by atoms with Crippen molar-refractivity contribution >= 4 is 52.5 Å². The Hall–Kier alpha value is -1.64. The molecule has 0 aromatic heterocycles.